The Morgan fingerprint density at radius 3 is 2.17 bits per heavy atom. The Labute approximate surface area is 145 Å². The highest BCUT2D eigenvalue weighted by Gasteiger charge is 2.53. The third kappa shape index (κ3) is 2.82. The van der Waals surface area contributed by atoms with Gasteiger partial charge >= 0.3 is 0 Å². The molecule has 4 aliphatic carbocycles. The first kappa shape index (κ1) is 16.0. The molecule has 24 heavy (non-hydrogen) atoms. The van der Waals surface area contributed by atoms with E-state index in [1.54, 1.807) is 0 Å². The second-order valence-electron chi connectivity index (χ2n) is 8.43. The molecule has 130 valence electrons. The lowest BCUT2D eigenvalue weighted by atomic mass is 9.48. The molecule has 4 aliphatic rings. The van der Waals surface area contributed by atoms with Crippen molar-refractivity contribution in [2.24, 2.45) is 23.2 Å². The summed E-state index contributed by atoms with van der Waals surface area (Å²) in [5.74, 6) is 3.63. The van der Waals surface area contributed by atoms with E-state index < -0.39 is 0 Å². The van der Waals surface area contributed by atoms with Crippen LogP contribution in [0.4, 0.5) is 0 Å². The van der Waals surface area contributed by atoms with Crippen molar-refractivity contribution in [1.82, 2.24) is 5.32 Å². The van der Waals surface area contributed by atoms with Gasteiger partial charge in [-0.05, 0) is 99.8 Å². The molecule has 4 fully saturated rings. The van der Waals surface area contributed by atoms with E-state index in [9.17, 15) is 4.79 Å². The quantitative estimate of drug-likeness (QED) is 0.869. The monoisotopic (exact) mass is 327 g/mol. The topological polar surface area (TPSA) is 38.3 Å². The Hall–Kier alpha value is -1.51. The predicted molar refractivity (Wildman–Crippen MR) is 95.1 cm³/mol. The van der Waals surface area contributed by atoms with E-state index in [4.69, 9.17) is 4.74 Å². The highest BCUT2D eigenvalue weighted by Crippen LogP contribution is 2.61. The summed E-state index contributed by atoms with van der Waals surface area (Å²) in [6, 6.07) is 7.77. The van der Waals surface area contributed by atoms with Crippen molar-refractivity contribution < 1.29 is 9.53 Å². The molecule has 1 aromatic rings. The molecular formula is C21H29NO2. The summed E-state index contributed by atoms with van der Waals surface area (Å²) in [4.78, 5) is 12.7. The minimum absolute atomic E-state index is 0.0568. The average Bonchev–Trinajstić information content (AvgIpc) is 2.54. The zero-order valence-electron chi connectivity index (χ0n) is 14.9. The predicted octanol–water partition coefficient (Wildman–Crippen LogP) is 4.42. The molecule has 1 N–H and O–H groups in total. The number of carbonyl (C=O) groups is 1. The first-order valence-electron chi connectivity index (χ1n) is 9.61. The lowest BCUT2D eigenvalue weighted by Gasteiger charge is -2.59. The van der Waals surface area contributed by atoms with Crippen LogP contribution in [0.3, 0.4) is 0 Å². The van der Waals surface area contributed by atoms with Crippen molar-refractivity contribution >= 4 is 5.91 Å². The molecule has 1 unspecified atom stereocenters. The Morgan fingerprint density at radius 2 is 1.67 bits per heavy atom. The zero-order chi connectivity index (χ0) is 16.7. The van der Waals surface area contributed by atoms with Crippen LogP contribution in [0.5, 0.6) is 5.75 Å². The second kappa shape index (κ2) is 6.09. The highest BCUT2D eigenvalue weighted by atomic mass is 16.5. The van der Waals surface area contributed by atoms with Gasteiger partial charge in [0.1, 0.15) is 5.75 Å². The normalized spacial score (nSPS) is 34.8. The molecule has 0 saturated heterocycles. The lowest BCUT2D eigenvalue weighted by Crippen LogP contribution is -2.55. The smallest absolute Gasteiger partial charge is 0.251 e. The number of hydrogen-bond acceptors (Lipinski definition) is 2. The molecule has 4 bridgehead atoms. The summed E-state index contributed by atoms with van der Waals surface area (Å²) >= 11 is 0. The Morgan fingerprint density at radius 1 is 1.12 bits per heavy atom. The molecule has 3 heteroatoms. The first-order valence-corrected chi connectivity index (χ1v) is 9.61. The Kier molecular flexibility index (Phi) is 4.06. The maximum atomic E-state index is 12.7. The van der Waals surface area contributed by atoms with Gasteiger partial charge in [-0.25, -0.2) is 0 Å². The zero-order valence-corrected chi connectivity index (χ0v) is 14.9. The van der Waals surface area contributed by atoms with Gasteiger partial charge in [0.15, 0.2) is 0 Å². The van der Waals surface area contributed by atoms with E-state index in [0.717, 1.165) is 29.1 Å². The summed E-state index contributed by atoms with van der Waals surface area (Å²) in [7, 11) is 0. The van der Waals surface area contributed by atoms with E-state index in [0.29, 0.717) is 12.0 Å². The van der Waals surface area contributed by atoms with Crippen molar-refractivity contribution in [1.29, 1.82) is 0 Å². The lowest BCUT2D eigenvalue weighted by molar-refractivity contribution is -0.0688. The fraction of sp³-hybridized carbons (Fsp3) is 0.667. The number of rotatable bonds is 5. The Balaban J connectivity index is 1.44. The van der Waals surface area contributed by atoms with Crippen LogP contribution in [-0.4, -0.2) is 18.6 Å². The van der Waals surface area contributed by atoms with Gasteiger partial charge in [-0.1, -0.05) is 0 Å². The Bertz CT molecular complexity index is 571. The van der Waals surface area contributed by atoms with Gasteiger partial charge in [0.25, 0.3) is 5.91 Å². The van der Waals surface area contributed by atoms with Gasteiger partial charge in [-0.2, -0.15) is 0 Å². The van der Waals surface area contributed by atoms with Crippen molar-refractivity contribution in [2.75, 3.05) is 6.61 Å². The van der Waals surface area contributed by atoms with Crippen LogP contribution in [0.2, 0.25) is 0 Å². The minimum atomic E-state index is 0.0568. The van der Waals surface area contributed by atoms with Crippen LogP contribution >= 0.6 is 0 Å². The molecule has 1 atom stereocenters. The van der Waals surface area contributed by atoms with E-state index >= 15 is 0 Å². The molecule has 4 saturated carbocycles. The van der Waals surface area contributed by atoms with Crippen LogP contribution in [-0.2, 0) is 0 Å². The van der Waals surface area contributed by atoms with Crippen LogP contribution in [0.1, 0.15) is 62.7 Å². The van der Waals surface area contributed by atoms with Gasteiger partial charge in [0.05, 0.1) is 6.61 Å². The van der Waals surface area contributed by atoms with Gasteiger partial charge in [0.2, 0.25) is 0 Å². The third-order valence-corrected chi connectivity index (χ3v) is 6.78. The number of hydrogen-bond donors (Lipinski definition) is 1. The third-order valence-electron chi connectivity index (χ3n) is 6.78. The van der Waals surface area contributed by atoms with Crippen LogP contribution in [0.25, 0.3) is 0 Å². The SMILES string of the molecule is CCOc1ccc(C(=O)NC(C)C23CC4CC(CC(C4)C2)C3)cc1. The van der Waals surface area contributed by atoms with Gasteiger partial charge in [-0.3, -0.25) is 4.79 Å². The molecule has 0 radical (unpaired) electrons. The molecular weight excluding hydrogens is 298 g/mol. The van der Waals surface area contributed by atoms with Crippen LogP contribution in [0.15, 0.2) is 24.3 Å². The fourth-order valence-corrected chi connectivity index (χ4v) is 6.01. The van der Waals surface area contributed by atoms with Gasteiger partial charge in [-0.15, -0.1) is 0 Å². The number of nitrogens with one attached hydrogen (secondary N) is 1. The molecule has 0 aromatic heterocycles. The maximum Gasteiger partial charge on any atom is 0.251 e. The molecule has 1 aromatic carbocycles. The number of carbonyl (C=O) groups excluding carboxylic acids is 1. The van der Waals surface area contributed by atoms with E-state index in [-0.39, 0.29) is 11.9 Å². The van der Waals surface area contributed by atoms with Crippen molar-refractivity contribution in [3.8, 4) is 5.75 Å². The summed E-state index contributed by atoms with van der Waals surface area (Å²) in [6.45, 7) is 4.85. The molecule has 1 amide bonds. The molecule has 0 aliphatic heterocycles. The summed E-state index contributed by atoms with van der Waals surface area (Å²) in [5.41, 5.74) is 1.09. The maximum absolute atomic E-state index is 12.7. The number of amides is 1. The van der Waals surface area contributed by atoms with Gasteiger partial charge in [0, 0.05) is 11.6 Å². The second-order valence-corrected chi connectivity index (χ2v) is 8.43. The largest absolute Gasteiger partial charge is 0.494 e. The van der Waals surface area contributed by atoms with Crippen molar-refractivity contribution in [3.63, 3.8) is 0 Å². The standard InChI is InChI=1S/C21H29NO2/c1-3-24-19-6-4-18(5-7-19)20(23)22-14(2)21-11-15-8-16(12-21)10-17(9-15)13-21/h4-7,14-17H,3,8-13H2,1-2H3,(H,22,23). The highest BCUT2D eigenvalue weighted by molar-refractivity contribution is 5.94. The van der Waals surface area contributed by atoms with Crippen LogP contribution < -0.4 is 10.1 Å². The summed E-state index contributed by atoms with van der Waals surface area (Å²) < 4.78 is 5.45. The summed E-state index contributed by atoms with van der Waals surface area (Å²) in [6.07, 6.45) is 8.30. The fourth-order valence-electron chi connectivity index (χ4n) is 6.01. The molecule has 0 spiro atoms. The van der Waals surface area contributed by atoms with Gasteiger partial charge < -0.3 is 10.1 Å². The van der Waals surface area contributed by atoms with E-state index in [1.807, 2.05) is 31.2 Å². The molecule has 0 heterocycles. The van der Waals surface area contributed by atoms with Crippen molar-refractivity contribution in [2.45, 2.75) is 58.4 Å². The van der Waals surface area contributed by atoms with Crippen LogP contribution in [0, 0.1) is 23.2 Å². The van der Waals surface area contributed by atoms with E-state index in [1.165, 1.54) is 38.5 Å². The minimum Gasteiger partial charge on any atom is -0.494 e. The molecule has 3 nitrogen and oxygen atoms in total. The number of ether oxygens (including phenoxy) is 1. The molecule has 5 rings (SSSR count). The first-order chi connectivity index (χ1) is 11.6. The van der Waals surface area contributed by atoms with Crippen molar-refractivity contribution in [3.05, 3.63) is 29.8 Å². The average molecular weight is 327 g/mol. The number of benzene rings is 1. The summed E-state index contributed by atoms with van der Waals surface area (Å²) in [5, 5.41) is 3.32. The van der Waals surface area contributed by atoms with E-state index in [2.05, 4.69) is 12.2 Å².